The first-order valence-corrected chi connectivity index (χ1v) is 6.28. The summed E-state index contributed by atoms with van der Waals surface area (Å²) >= 11 is 0. The molecular formula is C14H17FN4. The topological polar surface area (TPSA) is 63.8 Å². The van der Waals surface area contributed by atoms with E-state index in [0.717, 1.165) is 29.8 Å². The second-order valence-corrected chi connectivity index (χ2v) is 4.25. The van der Waals surface area contributed by atoms with Gasteiger partial charge in [-0.15, -0.1) is 0 Å². The van der Waals surface area contributed by atoms with Gasteiger partial charge in [0.05, 0.1) is 0 Å². The maximum atomic E-state index is 13.0. The molecule has 3 N–H and O–H groups in total. The van der Waals surface area contributed by atoms with Gasteiger partial charge in [-0.05, 0) is 30.5 Å². The summed E-state index contributed by atoms with van der Waals surface area (Å²) in [6.45, 7) is 2.68. The Morgan fingerprint density at radius 3 is 2.89 bits per heavy atom. The van der Waals surface area contributed by atoms with Crippen molar-refractivity contribution in [3.8, 4) is 0 Å². The van der Waals surface area contributed by atoms with Crippen LogP contribution >= 0.6 is 0 Å². The van der Waals surface area contributed by atoms with Gasteiger partial charge in [-0.3, -0.25) is 0 Å². The largest absolute Gasteiger partial charge is 0.383 e. The van der Waals surface area contributed by atoms with Crippen LogP contribution in [-0.4, -0.2) is 16.5 Å². The SMILES string of the molecule is CCc1c(N)ncnc1NCCc1cccc(F)c1. The number of hydrogen-bond donors (Lipinski definition) is 2. The smallest absolute Gasteiger partial charge is 0.134 e. The number of halogens is 1. The lowest BCUT2D eigenvalue weighted by Crippen LogP contribution is -2.10. The predicted octanol–water partition coefficient (Wildman–Crippen LogP) is 2.41. The van der Waals surface area contributed by atoms with E-state index >= 15 is 0 Å². The molecule has 0 atom stereocenters. The van der Waals surface area contributed by atoms with Crippen LogP contribution in [0, 0.1) is 5.82 Å². The highest BCUT2D eigenvalue weighted by Gasteiger charge is 2.06. The van der Waals surface area contributed by atoms with Gasteiger partial charge in [-0.2, -0.15) is 0 Å². The van der Waals surface area contributed by atoms with Gasteiger partial charge in [0.2, 0.25) is 0 Å². The molecule has 0 fully saturated rings. The highest BCUT2D eigenvalue weighted by atomic mass is 19.1. The fourth-order valence-electron chi connectivity index (χ4n) is 1.94. The number of nitrogens with zero attached hydrogens (tertiary/aromatic N) is 2. The van der Waals surface area contributed by atoms with E-state index in [-0.39, 0.29) is 5.82 Å². The van der Waals surface area contributed by atoms with Gasteiger partial charge in [-0.1, -0.05) is 19.1 Å². The lowest BCUT2D eigenvalue weighted by atomic mass is 10.1. The molecule has 2 rings (SSSR count). The van der Waals surface area contributed by atoms with Crippen LogP contribution in [0.1, 0.15) is 18.1 Å². The molecule has 0 radical (unpaired) electrons. The lowest BCUT2D eigenvalue weighted by Gasteiger charge is -2.10. The average molecular weight is 260 g/mol. The zero-order chi connectivity index (χ0) is 13.7. The minimum absolute atomic E-state index is 0.210. The van der Waals surface area contributed by atoms with Crippen molar-refractivity contribution in [1.82, 2.24) is 9.97 Å². The van der Waals surface area contributed by atoms with Crippen molar-refractivity contribution in [2.75, 3.05) is 17.6 Å². The Morgan fingerprint density at radius 2 is 2.16 bits per heavy atom. The molecule has 5 heteroatoms. The van der Waals surface area contributed by atoms with Crippen molar-refractivity contribution in [3.05, 3.63) is 47.5 Å². The highest BCUT2D eigenvalue weighted by Crippen LogP contribution is 2.17. The number of nitrogens with one attached hydrogen (secondary N) is 1. The number of nitrogens with two attached hydrogens (primary N) is 1. The van der Waals surface area contributed by atoms with Crippen molar-refractivity contribution in [3.63, 3.8) is 0 Å². The van der Waals surface area contributed by atoms with Crippen molar-refractivity contribution < 1.29 is 4.39 Å². The van der Waals surface area contributed by atoms with Crippen molar-refractivity contribution >= 4 is 11.6 Å². The van der Waals surface area contributed by atoms with E-state index in [2.05, 4.69) is 15.3 Å². The first-order chi connectivity index (χ1) is 9.20. The lowest BCUT2D eigenvalue weighted by molar-refractivity contribution is 0.625. The van der Waals surface area contributed by atoms with Gasteiger partial charge in [0.15, 0.2) is 0 Å². The Labute approximate surface area is 111 Å². The van der Waals surface area contributed by atoms with Crippen molar-refractivity contribution in [2.24, 2.45) is 0 Å². The molecule has 1 aromatic heterocycles. The number of hydrogen-bond acceptors (Lipinski definition) is 4. The van der Waals surface area contributed by atoms with Gasteiger partial charge in [0, 0.05) is 12.1 Å². The minimum Gasteiger partial charge on any atom is -0.383 e. The first-order valence-electron chi connectivity index (χ1n) is 6.28. The molecule has 2 aromatic rings. The average Bonchev–Trinajstić information content (AvgIpc) is 2.39. The van der Waals surface area contributed by atoms with E-state index in [0.29, 0.717) is 12.4 Å². The van der Waals surface area contributed by atoms with Crippen LogP contribution in [0.15, 0.2) is 30.6 Å². The highest BCUT2D eigenvalue weighted by molar-refractivity contribution is 5.54. The maximum Gasteiger partial charge on any atom is 0.134 e. The van der Waals surface area contributed by atoms with Crippen molar-refractivity contribution in [2.45, 2.75) is 19.8 Å². The third-order valence-electron chi connectivity index (χ3n) is 2.93. The molecule has 1 aromatic carbocycles. The molecule has 0 aliphatic rings. The molecule has 4 nitrogen and oxygen atoms in total. The second-order valence-electron chi connectivity index (χ2n) is 4.25. The zero-order valence-electron chi connectivity index (χ0n) is 10.9. The molecule has 0 aliphatic carbocycles. The molecule has 0 bridgehead atoms. The zero-order valence-corrected chi connectivity index (χ0v) is 10.9. The summed E-state index contributed by atoms with van der Waals surface area (Å²) in [6, 6.07) is 6.60. The van der Waals surface area contributed by atoms with Crippen molar-refractivity contribution in [1.29, 1.82) is 0 Å². The molecule has 0 unspecified atom stereocenters. The van der Waals surface area contributed by atoms with Gasteiger partial charge in [0.1, 0.15) is 23.8 Å². The fourth-order valence-corrected chi connectivity index (χ4v) is 1.94. The quantitative estimate of drug-likeness (QED) is 0.866. The Balaban J connectivity index is 1.98. The molecule has 0 spiro atoms. The molecule has 0 saturated heterocycles. The summed E-state index contributed by atoms with van der Waals surface area (Å²) in [5, 5.41) is 3.22. The third-order valence-corrected chi connectivity index (χ3v) is 2.93. The number of rotatable bonds is 5. The van der Waals surface area contributed by atoms with E-state index in [1.54, 1.807) is 6.07 Å². The van der Waals surface area contributed by atoms with E-state index < -0.39 is 0 Å². The molecule has 100 valence electrons. The summed E-state index contributed by atoms with van der Waals surface area (Å²) in [4.78, 5) is 8.15. The summed E-state index contributed by atoms with van der Waals surface area (Å²) < 4.78 is 13.0. The summed E-state index contributed by atoms with van der Waals surface area (Å²) in [5.41, 5.74) is 7.66. The Bertz CT molecular complexity index is 557. The van der Waals surface area contributed by atoms with Gasteiger partial charge < -0.3 is 11.1 Å². The van der Waals surface area contributed by atoms with Gasteiger partial charge in [0.25, 0.3) is 0 Å². The number of anilines is 2. The predicted molar refractivity (Wildman–Crippen MR) is 74.4 cm³/mol. The Morgan fingerprint density at radius 1 is 1.32 bits per heavy atom. The van der Waals surface area contributed by atoms with E-state index in [4.69, 9.17) is 5.73 Å². The van der Waals surface area contributed by atoms with Gasteiger partial charge in [-0.25, -0.2) is 14.4 Å². The summed E-state index contributed by atoms with van der Waals surface area (Å²) in [6.07, 6.45) is 2.94. The maximum absolute atomic E-state index is 13.0. The number of benzene rings is 1. The monoisotopic (exact) mass is 260 g/mol. The fraction of sp³-hybridized carbons (Fsp3) is 0.286. The van der Waals surface area contributed by atoms with Crippen LogP contribution < -0.4 is 11.1 Å². The van der Waals surface area contributed by atoms with Crippen LogP contribution in [0.4, 0.5) is 16.0 Å². The van der Waals surface area contributed by atoms with E-state index in [1.807, 2.05) is 13.0 Å². The van der Waals surface area contributed by atoms with Crippen LogP contribution in [0.2, 0.25) is 0 Å². The molecule has 19 heavy (non-hydrogen) atoms. The minimum atomic E-state index is -0.210. The van der Waals surface area contributed by atoms with Crippen LogP contribution in [-0.2, 0) is 12.8 Å². The molecule has 0 saturated carbocycles. The Kier molecular flexibility index (Phi) is 4.28. The summed E-state index contributed by atoms with van der Waals surface area (Å²) in [7, 11) is 0. The summed E-state index contributed by atoms with van der Waals surface area (Å²) in [5.74, 6) is 1.05. The normalized spacial score (nSPS) is 10.4. The standard InChI is InChI=1S/C14H17FN4/c1-2-12-13(16)18-9-19-14(12)17-7-6-10-4-3-5-11(15)8-10/h3-5,8-9H,2,6-7H2,1H3,(H3,16,17,18,19). The number of nitrogen functional groups attached to an aromatic ring is 1. The Hall–Kier alpha value is -2.17. The molecule has 0 aliphatic heterocycles. The second kappa shape index (κ2) is 6.13. The van der Waals surface area contributed by atoms with Crippen LogP contribution in [0.25, 0.3) is 0 Å². The van der Waals surface area contributed by atoms with Crippen LogP contribution in [0.3, 0.4) is 0 Å². The molecular weight excluding hydrogens is 243 g/mol. The van der Waals surface area contributed by atoms with E-state index in [1.165, 1.54) is 18.5 Å². The van der Waals surface area contributed by atoms with E-state index in [9.17, 15) is 4.39 Å². The third kappa shape index (κ3) is 3.40. The van der Waals surface area contributed by atoms with Gasteiger partial charge >= 0.3 is 0 Å². The van der Waals surface area contributed by atoms with Crippen LogP contribution in [0.5, 0.6) is 0 Å². The molecule has 0 amide bonds. The number of aromatic nitrogens is 2. The first kappa shape index (κ1) is 13.3. The molecule has 1 heterocycles.